The molecule has 0 aliphatic carbocycles. The van der Waals surface area contributed by atoms with Crippen LogP contribution in [0.2, 0.25) is 0 Å². The van der Waals surface area contributed by atoms with E-state index < -0.39 is 0 Å². The molecule has 0 fully saturated rings. The number of hydrogen-bond acceptors (Lipinski definition) is 4. The van der Waals surface area contributed by atoms with Crippen LogP contribution in [0.3, 0.4) is 0 Å². The van der Waals surface area contributed by atoms with Gasteiger partial charge in [-0.15, -0.1) is 4.91 Å². The van der Waals surface area contributed by atoms with Gasteiger partial charge in [0.05, 0.1) is 17.9 Å². The zero-order valence-corrected chi connectivity index (χ0v) is 10.5. The molecule has 0 spiro atoms. The van der Waals surface area contributed by atoms with Crippen LogP contribution in [0.25, 0.3) is 0 Å². The largest absolute Gasteiger partial charge is 0.492 e. The second-order valence-electron chi connectivity index (χ2n) is 4.00. The molecule has 1 aromatic heterocycles. The maximum atomic E-state index is 10.6. The molecule has 0 atom stereocenters. The van der Waals surface area contributed by atoms with E-state index in [0.717, 1.165) is 11.4 Å². The molecule has 0 aliphatic rings. The smallest absolute Gasteiger partial charge is 0.151 e. The molecule has 0 unspecified atom stereocenters. The number of ether oxygens (including phenoxy) is 1. The van der Waals surface area contributed by atoms with E-state index in [0.29, 0.717) is 24.5 Å². The van der Waals surface area contributed by atoms with Crippen molar-refractivity contribution in [3.05, 3.63) is 46.6 Å². The summed E-state index contributed by atoms with van der Waals surface area (Å²) in [6, 6.07) is 9.59. The van der Waals surface area contributed by atoms with Gasteiger partial charge >= 0.3 is 0 Å². The van der Waals surface area contributed by atoms with Gasteiger partial charge in [-0.1, -0.05) is 18.2 Å². The Morgan fingerprint density at radius 3 is 2.61 bits per heavy atom. The fourth-order valence-corrected chi connectivity index (χ4v) is 1.80. The van der Waals surface area contributed by atoms with Gasteiger partial charge in [-0.05, 0) is 31.2 Å². The highest BCUT2D eigenvalue weighted by molar-refractivity contribution is 5.45. The lowest BCUT2D eigenvalue weighted by Gasteiger charge is -2.07. The first-order chi connectivity index (χ1) is 8.72. The molecule has 2 aromatic rings. The molecule has 0 N–H and O–H groups in total. The molecule has 0 saturated heterocycles. The maximum absolute atomic E-state index is 10.6. The standard InChI is InChI=1S/C13H15N3O2/c1-10-13(15-17)11(2)16(14-10)8-9-18-12-6-4-3-5-7-12/h3-7H,8-9H2,1-2H3. The molecule has 0 amide bonds. The fraction of sp³-hybridized carbons (Fsp3) is 0.308. The molecule has 0 saturated carbocycles. The van der Waals surface area contributed by atoms with E-state index in [9.17, 15) is 4.91 Å². The van der Waals surface area contributed by atoms with Crippen molar-refractivity contribution in [3.63, 3.8) is 0 Å². The molecule has 0 aliphatic heterocycles. The van der Waals surface area contributed by atoms with Crippen molar-refractivity contribution in [1.82, 2.24) is 9.78 Å². The van der Waals surface area contributed by atoms with Gasteiger partial charge in [0.1, 0.15) is 12.4 Å². The molecule has 18 heavy (non-hydrogen) atoms. The van der Waals surface area contributed by atoms with Crippen LogP contribution < -0.4 is 4.74 Å². The van der Waals surface area contributed by atoms with Crippen LogP contribution in [-0.2, 0) is 6.54 Å². The van der Waals surface area contributed by atoms with E-state index in [4.69, 9.17) is 4.74 Å². The van der Waals surface area contributed by atoms with Crippen molar-refractivity contribution < 1.29 is 4.74 Å². The Morgan fingerprint density at radius 1 is 1.28 bits per heavy atom. The van der Waals surface area contributed by atoms with Crippen molar-refractivity contribution in [3.8, 4) is 5.75 Å². The van der Waals surface area contributed by atoms with Crippen molar-refractivity contribution in [2.75, 3.05) is 6.61 Å². The first-order valence-electron chi connectivity index (χ1n) is 5.77. The third-order valence-electron chi connectivity index (χ3n) is 2.75. The van der Waals surface area contributed by atoms with E-state index in [-0.39, 0.29) is 0 Å². The predicted octanol–water partition coefficient (Wildman–Crippen LogP) is 2.98. The highest BCUT2D eigenvalue weighted by Gasteiger charge is 2.11. The monoisotopic (exact) mass is 245 g/mol. The van der Waals surface area contributed by atoms with Gasteiger partial charge in [0, 0.05) is 0 Å². The van der Waals surface area contributed by atoms with Crippen LogP contribution in [0.5, 0.6) is 5.75 Å². The van der Waals surface area contributed by atoms with Gasteiger partial charge in [-0.25, -0.2) is 0 Å². The number of aromatic nitrogens is 2. The average Bonchev–Trinajstić information content (AvgIpc) is 2.65. The SMILES string of the molecule is Cc1nn(CCOc2ccccc2)c(C)c1N=O. The third kappa shape index (κ3) is 2.56. The Labute approximate surface area is 105 Å². The molecule has 5 heteroatoms. The van der Waals surface area contributed by atoms with Gasteiger partial charge in [0.2, 0.25) is 0 Å². The Hall–Kier alpha value is -2.17. The summed E-state index contributed by atoms with van der Waals surface area (Å²) in [4.78, 5) is 10.6. The van der Waals surface area contributed by atoms with Gasteiger partial charge in [0.25, 0.3) is 0 Å². The summed E-state index contributed by atoms with van der Waals surface area (Å²) in [5.41, 5.74) is 1.86. The summed E-state index contributed by atoms with van der Waals surface area (Å²) in [7, 11) is 0. The van der Waals surface area contributed by atoms with Gasteiger partial charge < -0.3 is 4.74 Å². The zero-order chi connectivity index (χ0) is 13.0. The van der Waals surface area contributed by atoms with Crippen molar-refractivity contribution in [1.29, 1.82) is 0 Å². The number of aryl methyl sites for hydroxylation is 1. The van der Waals surface area contributed by atoms with Crippen LogP contribution in [0.1, 0.15) is 11.4 Å². The molecule has 2 rings (SSSR count). The predicted molar refractivity (Wildman–Crippen MR) is 69.1 cm³/mol. The molecular weight excluding hydrogens is 230 g/mol. The minimum Gasteiger partial charge on any atom is -0.492 e. The number of hydrogen-bond donors (Lipinski definition) is 0. The number of para-hydroxylation sites is 1. The highest BCUT2D eigenvalue weighted by Crippen LogP contribution is 2.22. The van der Waals surface area contributed by atoms with Crippen LogP contribution in [-0.4, -0.2) is 16.4 Å². The Morgan fingerprint density at radius 2 is 2.00 bits per heavy atom. The van der Waals surface area contributed by atoms with Gasteiger partial charge in [0.15, 0.2) is 5.69 Å². The first kappa shape index (κ1) is 12.3. The summed E-state index contributed by atoms with van der Waals surface area (Å²) in [6.07, 6.45) is 0. The first-order valence-corrected chi connectivity index (χ1v) is 5.77. The topological polar surface area (TPSA) is 56.5 Å². The molecular formula is C13H15N3O2. The van der Waals surface area contributed by atoms with E-state index in [1.807, 2.05) is 37.3 Å². The normalized spacial score (nSPS) is 10.3. The van der Waals surface area contributed by atoms with Crippen LogP contribution >= 0.6 is 0 Å². The molecule has 0 bridgehead atoms. The highest BCUT2D eigenvalue weighted by atomic mass is 16.5. The van der Waals surface area contributed by atoms with E-state index in [1.54, 1.807) is 11.6 Å². The lowest BCUT2D eigenvalue weighted by molar-refractivity contribution is 0.289. The van der Waals surface area contributed by atoms with Crippen LogP contribution in [0, 0.1) is 18.8 Å². The Balaban J connectivity index is 1.97. The number of rotatable bonds is 5. The second kappa shape index (κ2) is 5.44. The van der Waals surface area contributed by atoms with Gasteiger partial charge in [-0.2, -0.15) is 5.10 Å². The summed E-state index contributed by atoms with van der Waals surface area (Å²) < 4.78 is 7.32. The van der Waals surface area contributed by atoms with Crippen molar-refractivity contribution in [2.24, 2.45) is 5.18 Å². The Bertz CT molecular complexity index is 535. The zero-order valence-electron chi connectivity index (χ0n) is 10.5. The van der Waals surface area contributed by atoms with Crippen molar-refractivity contribution >= 4 is 5.69 Å². The average molecular weight is 245 g/mol. The summed E-state index contributed by atoms with van der Waals surface area (Å²) in [5.74, 6) is 0.827. The van der Waals surface area contributed by atoms with E-state index in [1.165, 1.54) is 0 Å². The molecule has 1 aromatic carbocycles. The lowest BCUT2D eigenvalue weighted by atomic mass is 10.3. The maximum Gasteiger partial charge on any atom is 0.151 e. The number of benzene rings is 1. The van der Waals surface area contributed by atoms with Crippen LogP contribution in [0.15, 0.2) is 35.5 Å². The van der Waals surface area contributed by atoms with E-state index >= 15 is 0 Å². The summed E-state index contributed by atoms with van der Waals surface area (Å²) in [6.45, 7) is 4.71. The minimum atomic E-state index is 0.426. The lowest BCUT2D eigenvalue weighted by Crippen LogP contribution is -2.10. The molecule has 5 nitrogen and oxygen atoms in total. The third-order valence-corrected chi connectivity index (χ3v) is 2.75. The summed E-state index contributed by atoms with van der Waals surface area (Å²) in [5, 5.41) is 7.24. The quantitative estimate of drug-likeness (QED) is 0.761. The number of nitrogens with zero attached hydrogens (tertiary/aromatic N) is 3. The van der Waals surface area contributed by atoms with Crippen molar-refractivity contribution in [2.45, 2.75) is 20.4 Å². The fourth-order valence-electron chi connectivity index (χ4n) is 1.80. The molecule has 94 valence electrons. The van der Waals surface area contributed by atoms with Gasteiger partial charge in [-0.3, -0.25) is 4.68 Å². The summed E-state index contributed by atoms with van der Waals surface area (Å²) >= 11 is 0. The van der Waals surface area contributed by atoms with Crippen LogP contribution in [0.4, 0.5) is 5.69 Å². The molecule has 0 radical (unpaired) electrons. The number of nitroso groups, excluding NO2 is 1. The second-order valence-corrected chi connectivity index (χ2v) is 4.00. The van der Waals surface area contributed by atoms with E-state index in [2.05, 4.69) is 10.3 Å². The molecule has 1 heterocycles. The minimum absolute atomic E-state index is 0.426. The Kier molecular flexibility index (Phi) is 3.72.